The molecule has 0 atom stereocenters. The van der Waals surface area contributed by atoms with Crippen LogP contribution in [0, 0.1) is 0 Å². The van der Waals surface area contributed by atoms with Gasteiger partial charge in [0, 0.05) is 0 Å². The van der Waals surface area contributed by atoms with E-state index in [1.165, 1.54) is 12.1 Å². The molecule has 17 heavy (non-hydrogen) atoms. The molecule has 0 spiro atoms. The van der Waals surface area contributed by atoms with Crippen molar-refractivity contribution in [2.24, 2.45) is 0 Å². The number of alkyl halides is 4. The maximum Gasteiger partial charge on any atom is 0.461 e. The molecule has 0 bridgehead atoms. The summed E-state index contributed by atoms with van der Waals surface area (Å²) >= 11 is 0. The van der Waals surface area contributed by atoms with Crippen molar-refractivity contribution in [1.82, 2.24) is 0 Å². The first kappa shape index (κ1) is 13.3. The minimum Gasteiger partial charge on any atom is -0.481 e. The number of hydrogen-bond acceptors (Lipinski definition) is 2. The molecule has 0 unspecified atom stereocenters. The second-order valence-electron chi connectivity index (χ2n) is 3.18. The zero-order valence-electron chi connectivity index (χ0n) is 8.37. The number of carboxylic acid groups (broad SMARTS) is 1. The Labute approximate surface area is 93.6 Å². The van der Waals surface area contributed by atoms with Crippen molar-refractivity contribution in [3.63, 3.8) is 0 Å². The minimum absolute atomic E-state index is 0.181. The molecule has 1 aromatic rings. The highest BCUT2D eigenvalue weighted by atomic mass is 19.3. The monoisotopic (exact) mass is 252 g/mol. The average molecular weight is 252 g/mol. The Morgan fingerprint density at radius 2 is 2.06 bits per heavy atom. The first-order valence-electron chi connectivity index (χ1n) is 4.47. The van der Waals surface area contributed by atoms with Crippen molar-refractivity contribution in [2.75, 3.05) is 0 Å². The molecular weight excluding hydrogens is 244 g/mol. The molecule has 0 radical (unpaired) electrons. The van der Waals surface area contributed by atoms with Crippen LogP contribution in [0.1, 0.15) is 5.56 Å². The fraction of sp³-hybridized carbons (Fsp3) is 0.300. The fourth-order valence-corrected chi connectivity index (χ4v) is 1.10. The standard InChI is InChI=1S/C10H8F4O3/c11-9(12)10(13,14)17-7-3-1-2-6(4-7)5-8(15)16/h1-4,9H,5H2,(H,15,16). The predicted molar refractivity (Wildman–Crippen MR) is 49.4 cm³/mol. The van der Waals surface area contributed by atoms with Gasteiger partial charge in [0.15, 0.2) is 0 Å². The van der Waals surface area contributed by atoms with E-state index in [2.05, 4.69) is 4.74 Å². The van der Waals surface area contributed by atoms with Crippen LogP contribution in [-0.2, 0) is 11.2 Å². The van der Waals surface area contributed by atoms with Gasteiger partial charge in [0.2, 0.25) is 0 Å². The molecule has 1 rings (SSSR count). The third-order valence-electron chi connectivity index (χ3n) is 1.76. The Balaban J connectivity index is 2.82. The van der Waals surface area contributed by atoms with Crippen molar-refractivity contribution in [2.45, 2.75) is 19.0 Å². The van der Waals surface area contributed by atoms with E-state index in [0.29, 0.717) is 0 Å². The SMILES string of the molecule is O=C(O)Cc1cccc(OC(F)(F)C(F)F)c1. The highest BCUT2D eigenvalue weighted by Crippen LogP contribution is 2.27. The zero-order chi connectivity index (χ0) is 13.1. The van der Waals surface area contributed by atoms with E-state index in [1.807, 2.05) is 0 Å². The number of hydrogen-bond donors (Lipinski definition) is 1. The Hall–Kier alpha value is -1.79. The quantitative estimate of drug-likeness (QED) is 0.819. The molecule has 0 saturated heterocycles. The van der Waals surface area contributed by atoms with Gasteiger partial charge in [-0.2, -0.15) is 17.6 Å². The van der Waals surface area contributed by atoms with Crippen LogP contribution >= 0.6 is 0 Å². The third kappa shape index (κ3) is 3.93. The second kappa shape index (κ2) is 5.03. The molecule has 0 amide bonds. The van der Waals surface area contributed by atoms with Crippen molar-refractivity contribution in [3.8, 4) is 5.75 Å². The zero-order valence-corrected chi connectivity index (χ0v) is 8.37. The van der Waals surface area contributed by atoms with Crippen LogP contribution in [0.15, 0.2) is 24.3 Å². The summed E-state index contributed by atoms with van der Waals surface area (Å²) in [5.41, 5.74) is 0.181. The average Bonchev–Trinajstić information content (AvgIpc) is 2.15. The van der Waals surface area contributed by atoms with Gasteiger partial charge in [-0.3, -0.25) is 4.79 Å². The second-order valence-corrected chi connectivity index (χ2v) is 3.18. The summed E-state index contributed by atoms with van der Waals surface area (Å²) in [5, 5.41) is 8.47. The molecule has 1 aromatic carbocycles. The number of carbonyl (C=O) groups is 1. The summed E-state index contributed by atoms with van der Waals surface area (Å²) < 4.78 is 52.6. The molecule has 0 aromatic heterocycles. The number of aliphatic carboxylic acids is 1. The summed E-state index contributed by atoms with van der Waals surface area (Å²) in [5.74, 6) is -1.67. The summed E-state index contributed by atoms with van der Waals surface area (Å²) in [6.45, 7) is 0. The van der Waals surface area contributed by atoms with Gasteiger partial charge in [0.1, 0.15) is 5.75 Å². The van der Waals surface area contributed by atoms with Crippen LogP contribution in [0.25, 0.3) is 0 Å². The normalized spacial score (nSPS) is 11.6. The lowest BCUT2D eigenvalue weighted by molar-refractivity contribution is -0.253. The van der Waals surface area contributed by atoms with Crippen molar-refractivity contribution >= 4 is 5.97 Å². The van der Waals surface area contributed by atoms with Gasteiger partial charge in [0.05, 0.1) is 6.42 Å². The molecule has 0 aliphatic carbocycles. The topological polar surface area (TPSA) is 46.5 Å². The van der Waals surface area contributed by atoms with Crippen LogP contribution in [0.2, 0.25) is 0 Å². The molecule has 0 heterocycles. The minimum atomic E-state index is -4.60. The van der Waals surface area contributed by atoms with E-state index in [9.17, 15) is 22.4 Å². The third-order valence-corrected chi connectivity index (χ3v) is 1.76. The number of carboxylic acids is 1. The Morgan fingerprint density at radius 1 is 1.41 bits per heavy atom. The number of ether oxygens (including phenoxy) is 1. The molecule has 0 fully saturated rings. The van der Waals surface area contributed by atoms with Crippen LogP contribution < -0.4 is 4.74 Å². The smallest absolute Gasteiger partial charge is 0.461 e. The fourth-order valence-electron chi connectivity index (χ4n) is 1.10. The first-order valence-corrected chi connectivity index (χ1v) is 4.47. The van der Waals surface area contributed by atoms with E-state index in [1.54, 1.807) is 0 Å². The molecule has 0 aliphatic heterocycles. The van der Waals surface area contributed by atoms with E-state index in [-0.39, 0.29) is 5.56 Å². The summed E-state index contributed by atoms with van der Waals surface area (Å²) in [4.78, 5) is 10.4. The molecule has 3 nitrogen and oxygen atoms in total. The number of benzene rings is 1. The van der Waals surface area contributed by atoms with Gasteiger partial charge < -0.3 is 9.84 Å². The summed E-state index contributed by atoms with van der Waals surface area (Å²) in [6.07, 6.45) is -8.95. The van der Waals surface area contributed by atoms with Gasteiger partial charge in [-0.05, 0) is 17.7 Å². The summed E-state index contributed by atoms with van der Waals surface area (Å²) in [6, 6.07) is 4.63. The number of halogens is 4. The van der Waals surface area contributed by atoms with E-state index in [0.717, 1.165) is 12.1 Å². The van der Waals surface area contributed by atoms with Crippen molar-refractivity contribution in [1.29, 1.82) is 0 Å². The van der Waals surface area contributed by atoms with Gasteiger partial charge in [-0.25, -0.2) is 0 Å². The predicted octanol–water partition coefficient (Wildman–Crippen LogP) is 2.55. The van der Waals surface area contributed by atoms with E-state index < -0.39 is 30.7 Å². The van der Waals surface area contributed by atoms with Crippen LogP contribution in [0.5, 0.6) is 5.75 Å². The van der Waals surface area contributed by atoms with Gasteiger partial charge in [-0.1, -0.05) is 12.1 Å². The number of rotatable bonds is 5. The van der Waals surface area contributed by atoms with Gasteiger partial charge in [0.25, 0.3) is 0 Å². The Kier molecular flexibility index (Phi) is 3.93. The molecule has 94 valence electrons. The molecule has 0 saturated carbocycles. The van der Waals surface area contributed by atoms with E-state index >= 15 is 0 Å². The Bertz CT molecular complexity index is 406. The lowest BCUT2D eigenvalue weighted by atomic mass is 10.1. The maximum atomic E-state index is 12.5. The lowest BCUT2D eigenvalue weighted by Gasteiger charge is -2.17. The van der Waals surface area contributed by atoms with Crippen LogP contribution in [0.3, 0.4) is 0 Å². The molecule has 7 heteroatoms. The molecular formula is C10H8F4O3. The highest BCUT2D eigenvalue weighted by molar-refractivity contribution is 5.70. The summed E-state index contributed by atoms with van der Waals surface area (Å²) in [7, 11) is 0. The molecule has 0 aliphatic rings. The largest absolute Gasteiger partial charge is 0.481 e. The van der Waals surface area contributed by atoms with Crippen LogP contribution in [-0.4, -0.2) is 23.6 Å². The molecule has 1 N–H and O–H groups in total. The highest BCUT2D eigenvalue weighted by Gasteiger charge is 2.43. The van der Waals surface area contributed by atoms with Crippen molar-refractivity contribution < 1.29 is 32.2 Å². The maximum absolute atomic E-state index is 12.5. The van der Waals surface area contributed by atoms with Gasteiger partial charge in [-0.15, -0.1) is 0 Å². The Morgan fingerprint density at radius 3 is 2.59 bits per heavy atom. The van der Waals surface area contributed by atoms with Crippen molar-refractivity contribution in [3.05, 3.63) is 29.8 Å². The van der Waals surface area contributed by atoms with Crippen LogP contribution in [0.4, 0.5) is 17.6 Å². The first-order chi connectivity index (χ1) is 7.81. The van der Waals surface area contributed by atoms with Gasteiger partial charge >= 0.3 is 18.5 Å². The van der Waals surface area contributed by atoms with E-state index in [4.69, 9.17) is 5.11 Å². The lowest BCUT2D eigenvalue weighted by Crippen LogP contribution is -2.33.